The van der Waals surface area contributed by atoms with Gasteiger partial charge >= 0.3 is 5.69 Å². The summed E-state index contributed by atoms with van der Waals surface area (Å²) in [7, 11) is 0. The number of nitro groups is 1. The number of hydrogen-bond acceptors (Lipinski definition) is 7. The minimum Gasteiger partial charge on any atom is -0.361 e. The van der Waals surface area contributed by atoms with Crippen LogP contribution in [0.5, 0.6) is 0 Å². The van der Waals surface area contributed by atoms with E-state index in [1.165, 1.54) is 0 Å². The van der Waals surface area contributed by atoms with Crippen molar-refractivity contribution in [1.29, 1.82) is 0 Å². The van der Waals surface area contributed by atoms with Crippen molar-refractivity contribution in [3.05, 3.63) is 16.3 Å². The van der Waals surface area contributed by atoms with E-state index in [1.807, 2.05) is 13.8 Å². The van der Waals surface area contributed by atoms with E-state index in [0.717, 1.165) is 19.0 Å². The minimum atomic E-state index is -0.528. The minimum absolute atomic E-state index is 0.0128. The van der Waals surface area contributed by atoms with Crippen molar-refractivity contribution >= 4 is 23.4 Å². The Labute approximate surface area is 121 Å². The van der Waals surface area contributed by atoms with Gasteiger partial charge in [0.15, 0.2) is 0 Å². The Morgan fingerprint density at radius 2 is 2.24 bits per heavy atom. The normalized spacial score (nSPS) is 13.9. The summed E-state index contributed by atoms with van der Waals surface area (Å²) in [5.74, 6) is 0.176. The van der Waals surface area contributed by atoms with Crippen LogP contribution in [-0.4, -0.2) is 39.4 Å². The van der Waals surface area contributed by atoms with Crippen LogP contribution < -0.4 is 16.0 Å². The van der Waals surface area contributed by atoms with Crippen molar-refractivity contribution in [2.75, 3.05) is 17.2 Å². The molecule has 1 heterocycles. The second-order valence-corrected chi connectivity index (χ2v) is 5.18. The van der Waals surface area contributed by atoms with E-state index in [4.69, 9.17) is 0 Å². The first kappa shape index (κ1) is 14.9. The van der Waals surface area contributed by atoms with Gasteiger partial charge in [-0.1, -0.05) is 0 Å². The zero-order valence-electron chi connectivity index (χ0n) is 11.9. The highest BCUT2D eigenvalue weighted by atomic mass is 16.6. The van der Waals surface area contributed by atoms with Crippen LogP contribution in [0.15, 0.2) is 6.20 Å². The largest absolute Gasteiger partial charge is 0.361 e. The topological polar surface area (TPSA) is 122 Å². The van der Waals surface area contributed by atoms with Gasteiger partial charge in [-0.15, -0.1) is 0 Å². The fourth-order valence-electron chi connectivity index (χ4n) is 1.65. The highest BCUT2D eigenvalue weighted by Gasteiger charge is 2.26. The number of hydrogen-bond donors (Lipinski definition) is 3. The molecule has 0 bridgehead atoms. The molecule has 1 aromatic heterocycles. The number of nitrogens with one attached hydrogen (secondary N) is 3. The Balaban J connectivity index is 2.02. The monoisotopic (exact) mass is 294 g/mol. The third kappa shape index (κ3) is 4.55. The molecule has 3 N–H and O–H groups in total. The van der Waals surface area contributed by atoms with Gasteiger partial charge in [0.25, 0.3) is 0 Å². The molecule has 114 valence electrons. The molecule has 2 rings (SSSR count). The molecule has 1 aliphatic rings. The van der Waals surface area contributed by atoms with Crippen LogP contribution in [0.25, 0.3) is 0 Å². The molecule has 9 nitrogen and oxygen atoms in total. The van der Waals surface area contributed by atoms with Gasteiger partial charge in [0.2, 0.25) is 17.7 Å². The smallest absolute Gasteiger partial charge is 0.329 e. The first-order valence-corrected chi connectivity index (χ1v) is 6.77. The molecule has 0 aliphatic heterocycles. The van der Waals surface area contributed by atoms with Crippen molar-refractivity contribution in [3.8, 4) is 0 Å². The van der Waals surface area contributed by atoms with Crippen molar-refractivity contribution in [2.24, 2.45) is 0 Å². The molecule has 0 unspecified atom stereocenters. The second kappa shape index (κ2) is 6.33. The maximum atomic E-state index is 11.5. The summed E-state index contributed by atoms with van der Waals surface area (Å²) in [4.78, 5) is 29.8. The predicted molar refractivity (Wildman–Crippen MR) is 77.1 cm³/mol. The quantitative estimate of drug-likeness (QED) is 0.504. The summed E-state index contributed by atoms with van der Waals surface area (Å²) in [6, 6.07) is 0.278. The number of amides is 1. The van der Waals surface area contributed by atoms with E-state index in [2.05, 4.69) is 25.9 Å². The average molecular weight is 294 g/mol. The molecule has 1 fully saturated rings. The fourth-order valence-corrected chi connectivity index (χ4v) is 1.65. The number of nitrogens with zero attached hydrogens (tertiary/aromatic N) is 3. The second-order valence-electron chi connectivity index (χ2n) is 5.18. The molecule has 0 spiro atoms. The van der Waals surface area contributed by atoms with Crippen LogP contribution in [0.4, 0.5) is 17.5 Å². The molecule has 21 heavy (non-hydrogen) atoms. The van der Waals surface area contributed by atoms with Crippen molar-refractivity contribution in [1.82, 2.24) is 15.3 Å². The predicted octanol–water partition coefficient (Wildman–Crippen LogP) is 0.896. The Morgan fingerprint density at radius 1 is 1.52 bits per heavy atom. The summed E-state index contributed by atoms with van der Waals surface area (Å²) in [6.45, 7) is 3.73. The van der Waals surface area contributed by atoms with Crippen LogP contribution in [0.2, 0.25) is 0 Å². The molecule has 1 aromatic rings. The molecule has 0 saturated heterocycles. The van der Waals surface area contributed by atoms with E-state index in [9.17, 15) is 14.9 Å². The van der Waals surface area contributed by atoms with Gasteiger partial charge in [0, 0.05) is 12.1 Å². The van der Waals surface area contributed by atoms with E-state index in [-0.39, 0.29) is 42.0 Å². The molecule has 1 amide bonds. The summed E-state index contributed by atoms with van der Waals surface area (Å²) < 4.78 is 0. The Morgan fingerprint density at radius 3 is 2.81 bits per heavy atom. The lowest BCUT2D eigenvalue weighted by Gasteiger charge is -2.10. The van der Waals surface area contributed by atoms with Gasteiger partial charge in [0.1, 0.15) is 6.20 Å². The van der Waals surface area contributed by atoms with Gasteiger partial charge in [0.05, 0.1) is 11.5 Å². The number of aromatic nitrogens is 2. The molecule has 9 heteroatoms. The lowest BCUT2D eigenvalue weighted by Crippen LogP contribution is -2.35. The number of carbonyl (C=O) groups is 1. The van der Waals surface area contributed by atoms with Crippen LogP contribution in [0, 0.1) is 10.1 Å². The van der Waals surface area contributed by atoms with Crippen LogP contribution in [0.1, 0.15) is 26.7 Å². The first-order valence-electron chi connectivity index (χ1n) is 6.77. The first-order chi connectivity index (χ1) is 9.95. The lowest BCUT2D eigenvalue weighted by atomic mass is 10.4. The molecule has 1 aliphatic carbocycles. The number of carbonyl (C=O) groups excluding carboxylic acids is 1. The molecule has 0 radical (unpaired) electrons. The summed E-state index contributed by atoms with van der Waals surface area (Å²) in [5.41, 5.74) is -0.168. The van der Waals surface area contributed by atoms with E-state index < -0.39 is 4.92 Å². The third-order valence-electron chi connectivity index (χ3n) is 2.74. The number of rotatable bonds is 7. The van der Waals surface area contributed by atoms with Crippen molar-refractivity contribution in [3.63, 3.8) is 0 Å². The Hall–Kier alpha value is -2.45. The molecule has 0 aromatic carbocycles. The Kier molecular flexibility index (Phi) is 4.51. The maximum absolute atomic E-state index is 11.5. The van der Waals surface area contributed by atoms with E-state index in [1.54, 1.807) is 0 Å². The zero-order chi connectivity index (χ0) is 15.4. The van der Waals surface area contributed by atoms with Crippen LogP contribution in [-0.2, 0) is 4.79 Å². The summed E-state index contributed by atoms with van der Waals surface area (Å²) in [5, 5.41) is 19.4. The van der Waals surface area contributed by atoms with E-state index in [0.29, 0.717) is 0 Å². The average Bonchev–Trinajstić information content (AvgIpc) is 3.19. The molecular weight excluding hydrogens is 276 g/mol. The standard InChI is InChI=1S/C12H18N6O3/c1-7(2)15-10(19)6-14-12-13-5-9(18(20)21)11(17-12)16-8-3-4-8/h5,7-8H,3-4,6H2,1-2H3,(H,15,19)(H2,13,14,16,17). The Bertz CT molecular complexity index is 544. The van der Waals surface area contributed by atoms with Gasteiger partial charge in [-0.2, -0.15) is 4.98 Å². The summed E-state index contributed by atoms with van der Waals surface area (Å²) in [6.07, 6.45) is 3.09. The van der Waals surface area contributed by atoms with Crippen molar-refractivity contribution < 1.29 is 9.72 Å². The maximum Gasteiger partial charge on any atom is 0.329 e. The number of anilines is 2. The lowest BCUT2D eigenvalue weighted by molar-refractivity contribution is -0.384. The molecule has 1 saturated carbocycles. The SMILES string of the molecule is CC(C)NC(=O)CNc1ncc([N+](=O)[O-])c(NC2CC2)n1. The van der Waals surface area contributed by atoms with Gasteiger partial charge in [-0.05, 0) is 26.7 Å². The zero-order valence-corrected chi connectivity index (χ0v) is 11.9. The van der Waals surface area contributed by atoms with E-state index >= 15 is 0 Å². The van der Waals surface area contributed by atoms with Crippen LogP contribution in [0.3, 0.4) is 0 Å². The van der Waals surface area contributed by atoms with Gasteiger partial charge < -0.3 is 16.0 Å². The molecule has 0 atom stereocenters. The third-order valence-corrected chi connectivity index (χ3v) is 2.74. The van der Waals surface area contributed by atoms with Crippen LogP contribution >= 0.6 is 0 Å². The van der Waals surface area contributed by atoms with Crippen molar-refractivity contribution in [2.45, 2.75) is 38.8 Å². The van der Waals surface area contributed by atoms with Gasteiger partial charge in [-0.25, -0.2) is 4.98 Å². The highest BCUT2D eigenvalue weighted by Crippen LogP contribution is 2.29. The fraction of sp³-hybridized carbons (Fsp3) is 0.583. The highest BCUT2D eigenvalue weighted by molar-refractivity contribution is 5.80. The summed E-state index contributed by atoms with van der Waals surface area (Å²) >= 11 is 0. The molecular formula is C12H18N6O3. The van der Waals surface area contributed by atoms with Gasteiger partial charge in [-0.3, -0.25) is 14.9 Å².